The molecule has 0 spiro atoms. The van der Waals surface area contributed by atoms with Gasteiger partial charge < -0.3 is 4.74 Å². The molecule has 0 aromatic heterocycles. The highest BCUT2D eigenvalue weighted by atomic mass is 16.6. The van der Waals surface area contributed by atoms with Crippen molar-refractivity contribution in [3.8, 4) is 0 Å². The van der Waals surface area contributed by atoms with Gasteiger partial charge in [-0.3, -0.25) is 4.79 Å². The first-order valence-electron chi connectivity index (χ1n) is 4.99. The van der Waals surface area contributed by atoms with Gasteiger partial charge in [0.15, 0.2) is 0 Å². The van der Waals surface area contributed by atoms with Crippen molar-refractivity contribution >= 4 is 12.4 Å². The van der Waals surface area contributed by atoms with Gasteiger partial charge in [0.2, 0.25) is 0 Å². The molecule has 0 bridgehead atoms. The van der Waals surface area contributed by atoms with Crippen LogP contribution in [0, 0.1) is 0 Å². The molecule has 0 aliphatic rings. The van der Waals surface area contributed by atoms with E-state index in [4.69, 9.17) is 0 Å². The molecule has 1 rings (SSSR count). The molecule has 0 aliphatic carbocycles. The minimum Gasteiger partial charge on any atom is -0.392 e. The van der Waals surface area contributed by atoms with Crippen LogP contribution in [-0.4, -0.2) is 12.4 Å². The number of hydrogen-bond acceptors (Lipinski definition) is 3. The fourth-order valence-corrected chi connectivity index (χ4v) is 1.68. The fourth-order valence-electron chi connectivity index (χ4n) is 1.68. The second-order valence-electron chi connectivity index (χ2n) is 3.15. The Morgan fingerprint density at radius 2 is 2.07 bits per heavy atom. The molecule has 0 saturated carbocycles. The van der Waals surface area contributed by atoms with Crippen LogP contribution in [0.2, 0.25) is 0 Å². The number of benzene rings is 1. The largest absolute Gasteiger partial charge is 0.392 e. The molecule has 1 aromatic carbocycles. The van der Waals surface area contributed by atoms with Crippen LogP contribution in [0.3, 0.4) is 0 Å². The third-order valence-corrected chi connectivity index (χ3v) is 2.38. The van der Waals surface area contributed by atoms with Gasteiger partial charge >= 0.3 is 12.4 Å². The Morgan fingerprint density at radius 3 is 2.60 bits per heavy atom. The lowest BCUT2D eigenvalue weighted by atomic mass is 9.97. The summed E-state index contributed by atoms with van der Waals surface area (Å²) in [7, 11) is 0. The first kappa shape index (κ1) is 11.4. The lowest BCUT2D eigenvalue weighted by Gasteiger charge is -2.09. The third kappa shape index (κ3) is 2.43. The number of ether oxygens (including phenoxy) is 1. The molecule has 0 saturated heterocycles. The van der Waals surface area contributed by atoms with Crippen molar-refractivity contribution in [3.05, 3.63) is 34.9 Å². The van der Waals surface area contributed by atoms with E-state index in [0.717, 1.165) is 24.0 Å². The normalized spacial score (nSPS) is 9.73. The Labute approximate surface area is 89.1 Å². The summed E-state index contributed by atoms with van der Waals surface area (Å²) in [4.78, 5) is 21.5. The van der Waals surface area contributed by atoms with Crippen molar-refractivity contribution in [1.82, 2.24) is 0 Å². The quantitative estimate of drug-likeness (QED) is 0.430. The molecule has 1 aromatic rings. The Hall–Kier alpha value is -1.64. The molecule has 0 N–H and O–H groups in total. The van der Waals surface area contributed by atoms with Crippen molar-refractivity contribution in [2.45, 2.75) is 26.7 Å². The summed E-state index contributed by atoms with van der Waals surface area (Å²) >= 11 is 0. The number of carbonyl (C=O) groups excluding carboxylic acids is 2. The molecule has 3 heteroatoms. The van der Waals surface area contributed by atoms with Crippen LogP contribution in [0.4, 0.5) is 0 Å². The van der Waals surface area contributed by atoms with Gasteiger partial charge in [-0.1, -0.05) is 26.0 Å². The molecule has 3 nitrogen and oxygen atoms in total. The van der Waals surface area contributed by atoms with Gasteiger partial charge in [0.1, 0.15) is 0 Å². The van der Waals surface area contributed by atoms with E-state index in [-0.39, 0.29) is 6.47 Å². The van der Waals surface area contributed by atoms with Crippen LogP contribution in [-0.2, 0) is 22.4 Å². The van der Waals surface area contributed by atoms with Gasteiger partial charge in [-0.2, -0.15) is 0 Å². The van der Waals surface area contributed by atoms with E-state index in [2.05, 4.69) is 4.74 Å². The predicted octanol–water partition coefficient (Wildman–Crippen LogP) is 2.12. The number of carbonyl (C=O) groups is 2. The summed E-state index contributed by atoms with van der Waals surface area (Å²) < 4.78 is 4.35. The van der Waals surface area contributed by atoms with E-state index >= 15 is 0 Å². The topological polar surface area (TPSA) is 43.4 Å². The number of rotatable bonds is 4. The molecule has 15 heavy (non-hydrogen) atoms. The average Bonchev–Trinajstić information content (AvgIpc) is 2.28. The van der Waals surface area contributed by atoms with Gasteiger partial charge in [0.25, 0.3) is 0 Å². The minimum absolute atomic E-state index is 0.167. The maximum absolute atomic E-state index is 11.4. The molecule has 0 radical (unpaired) electrons. The van der Waals surface area contributed by atoms with Crippen molar-refractivity contribution in [2.24, 2.45) is 0 Å². The highest BCUT2D eigenvalue weighted by Crippen LogP contribution is 2.17. The number of aryl methyl sites for hydroxylation is 1. The van der Waals surface area contributed by atoms with E-state index in [1.807, 2.05) is 19.9 Å². The maximum atomic E-state index is 11.4. The second kappa shape index (κ2) is 5.29. The highest BCUT2D eigenvalue weighted by molar-refractivity contribution is 5.94. The van der Waals surface area contributed by atoms with Crippen LogP contribution in [0.1, 0.15) is 35.3 Å². The molecular weight excluding hydrogens is 192 g/mol. The fraction of sp³-hybridized carbons (Fsp3) is 0.333. The molecule has 0 aliphatic heterocycles. The van der Waals surface area contributed by atoms with E-state index in [1.165, 1.54) is 0 Å². The third-order valence-electron chi connectivity index (χ3n) is 2.38. The molecular formula is C12H14O3. The Bertz CT molecular complexity index is 369. The molecule has 0 amide bonds. The van der Waals surface area contributed by atoms with E-state index in [0.29, 0.717) is 5.56 Å². The number of esters is 1. The summed E-state index contributed by atoms with van der Waals surface area (Å²) in [6.07, 6.45) is 1.62. The van der Waals surface area contributed by atoms with Crippen LogP contribution in [0.15, 0.2) is 18.2 Å². The lowest BCUT2D eigenvalue weighted by Crippen LogP contribution is -2.08. The Morgan fingerprint density at radius 1 is 1.33 bits per heavy atom. The van der Waals surface area contributed by atoms with Crippen molar-refractivity contribution in [2.75, 3.05) is 0 Å². The van der Waals surface area contributed by atoms with Crippen LogP contribution < -0.4 is 0 Å². The summed E-state index contributed by atoms with van der Waals surface area (Å²) in [6, 6.07) is 5.47. The highest BCUT2D eigenvalue weighted by Gasteiger charge is 2.13. The van der Waals surface area contributed by atoms with Crippen LogP contribution in [0.25, 0.3) is 0 Å². The van der Waals surface area contributed by atoms with Gasteiger partial charge in [-0.15, -0.1) is 0 Å². The zero-order valence-corrected chi connectivity index (χ0v) is 8.95. The first-order chi connectivity index (χ1) is 7.24. The SMILES string of the molecule is CCc1cccc(C(=O)OC=O)c1CC. The summed E-state index contributed by atoms with van der Waals surface area (Å²) in [5.41, 5.74) is 2.58. The van der Waals surface area contributed by atoms with Crippen molar-refractivity contribution < 1.29 is 14.3 Å². The van der Waals surface area contributed by atoms with E-state index < -0.39 is 5.97 Å². The second-order valence-corrected chi connectivity index (χ2v) is 3.15. The monoisotopic (exact) mass is 206 g/mol. The zero-order chi connectivity index (χ0) is 11.3. The maximum Gasteiger partial charge on any atom is 0.345 e. The number of hydrogen-bond donors (Lipinski definition) is 0. The first-order valence-corrected chi connectivity index (χ1v) is 4.99. The lowest BCUT2D eigenvalue weighted by molar-refractivity contribution is -0.123. The van der Waals surface area contributed by atoms with Crippen molar-refractivity contribution in [3.63, 3.8) is 0 Å². The summed E-state index contributed by atoms with van der Waals surface area (Å²) in [5.74, 6) is -0.572. The molecule has 0 heterocycles. The molecule has 0 atom stereocenters. The van der Waals surface area contributed by atoms with Gasteiger partial charge in [0.05, 0.1) is 5.56 Å². The van der Waals surface area contributed by atoms with E-state index in [9.17, 15) is 9.59 Å². The smallest absolute Gasteiger partial charge is 0.345 e. The van der Waals surface area contributed by atoms with Crippen molar-refractivity contribution in [1.29, 1.82) is 0 Å². The average molecular weight is 206 g/mol. The Balaban J connectivity index is 3.16. The van der Waals surface area contributed by atoms with Crippen LogP contribution in [0.5, 0.6) is 0 Å². The zero-order valence-electron chi connectivity index (χ0n) is 8.95. The minimum atomic E-state index is -0.572. The summed E-state index contributed by atoms with van der Waals surface area (Å²) in [5, 5.41) is 0. The predicted molar refractivity (Wildman–Crippen MR) is 56.7 cm³/mol. The summed E-state index contributed by atoms with van der Waals surface area (Å²) in [6.45, 7) is 4.18. The van der Waals surface area contributed by atoms with Gasteiger partial charge in [-0.25, -0.2) is 4.79 Å². The Kier molecular flexibility index (Phi) is 4.03. The van der Waals surface area contributed by atoms with Crippen LogP contribution >= 0.6 is 0 Å². The van der Waals surface area contributed by atoms with E-state index in [1.54, 1.807) is 12.1 Å². The molecule has 0 unspecified atom stereocenters. The molecule has 0 fully saturated rings. The molecule has 80 valence electrons. The standard InChI is InChI=1S/C12H14O3/c1-3-9-6-5-7-11(10(9)4-2)12(14)15-8-13/h5-8H,3-4H2,1-2H3. The van der Waals surface area contributed by atoms with Gasteiger partial charge in [-0.05, 0) is 30.0 Å². The van der Waals surface area contributed by atoms with Gasteiger partial charge in [0, 0.05) is 0 Å².